The van der Waals surface area contributed by atoms with Crippen LogP contribution in [0.15, 0.2) is 46.1 Å². The van der Waals surface area contributed by atoms with Crippen LogP contribution in [0.2, 0.25) is 0 Å². The highest BCUT2D eigenvalue weighted by Gasteiger charge is 2.46. The monoisotopic (exact) mass is 556 g/mol. The summed E-state index contributed by atoms with van der Waals surface area (Å²) >= 11 is 0. The molecule has 38 heavy (non-hydrogen) atoms. The molecule has 14 nitrogen and oxygen atoms in total. The van der Waals surface area contributed by atoms with Crippen LogP contribution in [0, 0.1) is 5.92 Å². The number of H-pyrrole nitrogens is 1. The van der Waals surface area contributed by atoms with Crippen LogP contribution in [-0.2, 0) is 23.4 Å². The molecule has 0 bridgehead atoms. The zero-order valence-corrected chi connectivity index (χ0v) is 22.2. The van der Waals surface area contributed by atoms with Gasteiger partial charge in [-0.2, -0.15) is 14.9 Å². The molecular formula is C23H33N4O10P. The molecule has 3 rings (SSSR count). The van der Waals surface area contributed by atoms with E-state index in [0.717, 1.165) is 19.0 Å². The zero-order valence-electron chi connectivity index (χ0n) is 21.3. The highest BCUT2D eigenvalue weighted by molar-refractivity contribution is 7.52. The predicted molar refractivity (Wildman–Crippen MR) is 133 cm³/mol. The van der Waals surface area contributed by atoms with Crippen LogP contribution in [0.25, 0.3) is 0 Å². The fourth-order valence-electron chi connectivity index (χ4n) is 3.63. The van der Waals surface area contributed by atoms with E-state index in [-0.39, 0.29) is 18.3 Å². The Morgan fingerprint density at radius 1 is 1.21 bits per heavy atom. The zero-order chi connectivity index (χ0) is 27.9. The number of nitrogens with one attached hydrogen (secondary N) is 2. The van der Waals surface area contributed by atoms with Crippen LogP contribution < -0.4 is 20.9 Å². The number of hydrogen-bond acceptors (Lipinski definition) is 11. The SMILES string of the molecule is CCC(CC)COC(=O)[C@H](C)NP(=O)(OC[C@H]1O[C@@H](n2ncc(=O)[nH]c2=O)[C@@H](O)[C@H]1O)Oc1ccccc1. The minimum atomic E-state index is -4.27. The van der Waals surface area contributed by atoms with E-state index in [1.807, 2.05) is 18.8 Å². The lowest BCUT2D eigenvalue weighted by molar-refractivity contribution is -0.146. The molecule has 0 spiro atoms. The van der Waals surface area contributed by atoms with Gasteiger partial charge in [0.1, 0.15) is 36.3 Å². The second-order valence-electron chi connectivity index (χ2n) is 8.79. The summed E-state index contributed by atoms with van der Waals surface area (Å²) in [4.78, 5) is 37.8. The summed E-state index contributed by atoms with van der Waals surface area (Å²) in [7, 11) is -4.27. The number of para-hydroxylation sites is 1. The lowest BCUT2D eigenvalue weighted by Gasteiger charge is -2.25. The molecule has 210 valence electrons. The van der Waals surface area contributed by atoms with E-state index in [9.17, 15) is 29.2 Å². The summed E-state index contributed by atoms with van der Waals surface area (Å²) in [5.74, 6) is -0.288. The number of ether oxygens (including phenoxy) is 2. The molecule has 1 fully saturated rings. The van der Waals surface area contributed by atoms with Crippen molar-refractivity contribution in [1.29, 1.82) is 0 Å². The van der Waals surface area contributed by atoms with Crippen molar-refractivity contribution in [3.05, 3.63) is 57.4 Å². The Morgan fingerprint density at radius 3 is 2.53 bits per heavy atom. The third-order valence-corrected chi connectivity index (χ3v) is 7.66. The first-order chi connectivity index (χ1) is 18.1. The van der Waals surface area contributed by atoms with E-state index in [1.54, 1.807) is 18.2 Å². The summed E-state index contributed by atoms with van der Waals surface area (Å²) in [6.45, 7) is 5.06. The summed E-state index contributed by atoms with van der Waals surface area (Å²) < 4.78 is 36.3. The van der Waals surface area contributed by atoms with Crippen molar-refractivity contribution in [2.45, 2.75) is 64.2 Å². The summed E-state index contributed by atoms with van der Waals surface area (Å²) in [5.41, 5.74) is -1.72. The van der Waals surface area contributed by atoms with E-state index in [1.165, 1.54) is 19.1 Å². The number of carbonyl (C=O) groups is 1. The van der Waals surface area contributed by atoms with Crippen LogP contribution in [0.1, 0.15) is 39.8 Å². The number of hydrogen-bond donors (Lipinski definition) is 4. The molecule has 15 heteroatoms. The Morgan fingerprint density at radius 2 is 1.89 bits per heavy atom. The van der Waals surface area contributed by atoms with Gasteiger partial charge >= 0.3 is 19.4 Å². The van der Waals surface area contributed by atoms with Gasteiger partial charge in [0.2, 0.25) is 0 Å². The molecule has 1 unspecified atom stereocenters. The number of aromatic nitrogens is 3. The fourth-order valence-corrected chi connectivity index (χ4v) is 5.14. The van der Waals surface area contributed by atoms with Gasteiger partial charge in [-0.05, 0) is 25.0 Å². The quantitative estimate of drug-likeness (QED) is 0.200. The molecule has 1 aromatic heterocycles. The highest BCUT2D eigenvalue weighted by atomic mass is 31.2. The first-order valence-electron chi connectivity index (χ1n) is 12.2. The molecule has 0 aliphatic carbocycles. The van der Waals surface area contributed by atoms with Gasteiger partial charge in [-0.15, -0.1) is 0 Å². The van der Waals surface area contributed by atoms with E-state index >= 15 is 0 Å². The van der Waals surface area contributed by atoms with Crippen molar-refractivity contribution in [3.8, 4) is 5.75 Å². The molecule has 0 amide bonds. The summed E-state index contributed by atoms with van der Waals surface area (Å²) in [5, 5.41) is 27.0. The molecule has 2 heterocycles. The van der Waals surface area contributed by atoms with Gasteiger partial charge in [0.25, 0.3) is 5.56 Å². The van der Waals surface area contributed by atoms with Crippen LogP contribution >= 0.6 is 7.75 Å². The van der Waals surface area contributed by atoms with Gasteiger partial charge < -0.3 is 24.2 Å². The van der Waals surface area contributed by atoms with Gasteiger partial charge in [-0.3, -0.25) is 19.1 Å². The Labute approximate surface area is 218 Å². The lowest BCUT2D eigenvalue weighted by atomic mass is 10.1. The van der Waals surface area contributed by atoms with Crippen LogP contribution in [0.5, 0.6) is 5.75 Å². The maximum absolute atomic E-state index is 13.7. The van der Waals surface area contributed by atoms with Crippen molar-refractivity contribution in [3.63, 3.8) is 0 Å². The van der Waals surface area contributed by atoms with Crippen molar-refractivity contribution in [2.75, 3.05) is 13.2 Å². The number of benzene rings is 1. The van der Waals surface area contributed by atoms with Crippen LogP contribution in [0.4, 0.5) is 0 Å². The molecule has 2 aromatic rings. The summed E-state index contributed by atoms with van der Waals surface area (Å²) in [6, 6.07) is 6.99. The molecule has 4 N–H and O–H groups in total. The summed E-state index contributed by atoms with van der Waals surface area (Å²) in [6.07, 6.45) is -3.45. The van der Waals surface area contributed by atoms with Crippen molar-refractivity contribution in [2.24, 2.45) is 5.92 Å². The van der Waals surface area contributed by atoms with Crippen LogP contribution in [-0.4, -0.2) is 68.5 Å². The van der Waals surface area contributed by atoms with Gasteiger partial charge in [0.05, 0.1) is 13.2 Å². The molecule has 0 radical (unpaired) electrons. The van der Waals surface area contributed by atoms with Gasteiger partial charge in [-0.25, -0.2) is 9.36 Å². The molecule has 1 saturated heterocycles. The third kappa shape index (κ3) is 7.59. The predicted octanol–water partition coefficient (Wildman–Crippen LogP) is 0.712. The second-order valence-corrected chi connectivity index (χ2v) is 10.5. The van der Waals surface area contributed by atoms with Crippen molar-refractivity contribution < 1.29 is 38.1 Å². The lowest BCUT2D eigenvalue weighted by Crippen LogP contribution is -2.39. The molecule has 6 atom stereocenters. The molecular weight excluding hydrogens is 523 g/mol. The van der Waals surface area contributed by atoms with Crippen molar-refractivity contribution >= 4 is 13.7 Å². The average molecular weight is 557 g/mol. The number of aliphatic hydroxyl groups excluding tert-OH is 2. The third-order valence-electron chi connectivity index (χ3n) is 6.01. The van der Waals surface area contributed by atoms with E-state index < -0.39 is 62.2 Å². The fraction of sp³-hybridized carbons (Fsp3) is 0.565. The first kappa shape index (κ1) is 29.7. The first-order valence-corrected chi connectivity index (χ1v) is 13.7. The number of carbonyl (C=O) groups excluding carboxylic acids is 1. The number of nitrogens with zero attached hydrogens (tertiary/aromatic N) is 2. The molecule has 1 aromatic carbocycles. The largest absolute Gasteiger partial charge is 0.464 e. The van der Waals surface area contributed by atoms with Gasteiger partial charge in [0.15, 0.2) is 6.23 Å². The Bertz CT molecular complexity index is 1220. The molecule has 1 aliphatic rings. The smallest absolute Gasteiger partial charge is 0.459 e. The Balaban J connectivity index is 1.72. The number of aliphatic hydroxyl groups is 2. The van der Waals surface area contributed by atoms with Crippen LogP contribution in [0.3, 0.4) is 0 Å². The average Bonchev–Trinajstić information content (AvgIpc) is 3.17. The minimum absolute atomic E-state index is 0.177. The number of aromatic amines is 1. The minimum Gasteiger partial charge on any atom is -0.464 e. The van der Waals surface area contributed by atoms with E-state index in [4.69, 9.17) is 18.5 Å². The molecule has 1 aliphatic heterocycles. The Kier molecular flexibility index (Phi) is 10.4. The maximum atomic E-state index is 13.7. The maximum Gasteiger partial charge on any atom is 0.459 e. The molecule has 0 saturated carbocycles. The van der Waals surface area contributed by atoms with Gasteiger partial charge in [0, 0.05) is 0 Å². The van der Waals surface area contributed by atoms with E-state index in [0.29, 0.717) is 4.68 Å². The number of rotatable bonds is 13. The normalized spacial score (nSPS) is 23.6. The highest BCUT2D eigenvalue weighted by Crippen LogP contribution is 2.46. The van der Waals surface area contributed by atoms with Gasteiger partial charge in [-0.1, -0.05) is 44.9 Å². The number of esters is 1. The van der Waals surface area contributed by atoms with E-state index in [2.05, 4.69) is 10.2 Å². The topological polar surface area (TPSA) is 191 Å². The second kappa shape index (κ2) is 13.3. The van der Waals surface area contributed by atoms with Crippen molar-refractivity contribution in [1.82, 2.24) is 19.9 Å². The standard InChI is InChI=1S/C23H33N4O10P/c1-4-15(5-2)12-34-22(31)14(3)26-38(33,37-16-9-7-6-8-10-16)35-13-17-19(29)20(30)21(36-17)27-23(32)25-18(28)11-24-27/h6-11,14-15,17,19-21,29-30H,4-5,12-13H2,1-3H3,(H,26,33)(H,25,28,32)/t14-,17+,19-,20-,21+,38?/m0/s1. The Hall–Kier alpha value is -2.87.